The van der Waals surface area contributed by atoms with Gasteiger partial charge in [0.2, 0.25) is 11.8 Å². The highest BCUT2D eigenvalue weighted by Gasteiger charge is 2.29. The van der Waals surface area contributed by atoms with E-state index in [1.165, 1.54) is 4.90 Å². The second-order valence-electron chi connectivity index (χ2n) is 4.07. The van der Waals surface area contributed by atoms with Crippen LogP contribution >= 0.6 is 0 Å². The van der Waals surface area contributed by atoms with Crippen molar-refractivity contribution in [2.24, 2.45) is 11.7 Å². The minimum atomic E-state index is -0.118. The second kappa shape index (κ2) is 5.11. The molecule has 5 heteroatoms. The topological polar surface area (TPSA) is 75.4 Å². The lowest BCUT2D eigenvalue weighted by molar-refractivity contribution is -0.139. The van der Waals surface area contributed by atoms with Gasteiger partial charge in [-0.2, -0.15) is 0 Å². The number of hydrogen-bond acceptors (Lipinski definition) is 3. The number of likely N-dealkylation sites (N-methyl/N-ethyl adjacent to an activating group) is 1. The molecule has 3 N–H and O–H groups in total. The molecule has 0 bridgehead atoms. The van der Waals surface area contributed by atoms with E-state index in [0.29, 0.717) is 19.5 Å². The molecule has 0 aromatic rings. The van der Waals surface area contributed by atoms with Crippen LogP contribution in [0.15, 0.2) is 0 Å². The van der Waals surface area contributed by atoms with E-state index >= 15 is 0 Å². The largest absolute Gasteiger partial charge is 0.355 e. The lowest BCUT2D eigenvalue weighted by atomic mass is 9.94. The highest BCUT2D eigenvalue weighted by Crippen LogP contribution is 2.16. The van der Waals surface area contributed by atoms with Crippen molar-refractivity contribution < 1.29 is 9.59 Å². The number of piperidine rings is 1. The first-order valence-corrected chi connectivity index (χ1v) is 5.34. The van der Waals surface area contributed by atoms with Crippen molar-refractivity contribution in [2.45, 2.75) is 26.3 Å². The van der Waals surface area contributed by atoms with Gasteiger partial charge in [-0.1, -0.05) is 6.92 Å². The van der Waals surface area contributed by atoms with Gasteiger partial charge in [-0.3, -0.25) is 9.59 Å². The zero-order chi connectivity index (χ0) is 11.4. The molecule has 0 radical (unpaired) electrons. The molecular formula is C10H19N3O2. The molecule has 0 aliphatic carbocycles. The number of carbonyl (C=O) groups is 2. The quantitative estimate of drug-likeness (QED) is 0.652. The van der Waals surface area contributed by atoms with E-state index in [1.54, 1.807) is 0 Å². The molecule has 2 atom stereocenters. The Morgan fingerprint density at radius 2 is 2.33 bits per heavy atom. The molecule has 2 amide bonds. The van der Waals surface area contributed by atoms with Gasteiger partial charge in [0.1, 0.15) is 0 Å². The van der Waals surface area contributed by atoms with Crippen molar-refractivity contribution in [1.82, 2.24) is 10.2 Å². The Labute approximate surface area is 90.0 Å². The molecule has 1 aliphatic heterocycles. The van der Waals surface area contributed by atoms with E-state index in [2.05, 4.69) is 5.32 Å². The van der Waals surface area contributed by atoms with Gasteiger partial charge in [-0.25, -0.2) is 0 Å². The molecule has 86 valence electrons. The molecule has 1 aliphatic rings. The van der Waals surface area contributed by atoms with E-state index in [-0.39, 0.29) is 30.3 Å². The standard InChI is InChI=1S/C10H19N3O2/c1-3-12-9(14)6-13-5-8(11)7(2)4-10(13)15/h7-8H,3-6,11H2,1-2H3,(H,12,14). The third-order valence-electron chi connectivity index (χ3n) is 2.72. The summed E-state index contributed by atoms with van der Waals surface area (Å²) in [6.45, 7) is 5.02. The summed E-state index contributed by atoms with van der Waals surface area (Å²) >= 11 is 0. The number of nitrogens with one attached hydrogen (secondary N) is 1. The average Bonchev–Trinajstić information content (AvgIpc) is 2.14. The van der Waals surface area contributed by atoms with Crippen LogP contribution in [0.4, 0.5) is 0 Å². The summed E-state index contributed by atoms with van der Waals surface area (Å²) in [6.07, 6.45) is 0.445. The summed E-state index contributed by atoms with van der Waals surface area (Å²) in [7, 11) is 0. The van der Waals surface area contributed by atoms with Crippen LogP contribution in [0.5, 0.6) is 0 Å². The van der Waals surface area contributed by atoms with Gasteiger partial charge in [-0.05, 0) is 12.8 Å². The molecule has 0 aromatic heterocycles. The number of likely N-dealkylation sites (tertiary alicyclic amines) is 1. The summed E-state index contributed by atoms with van der Waals surface area (Å²) in [5.41, 5.74) is 5.85. The van der Waals surface area contributed by atoms with Gasteiger partial charge in [-0.15, -0.1) is 0 Å². The summed E-state index contributed by atoms with van der Waals surface area (Å²) < 4.78 is 0. The van der Waals surface area contributed by atoms with Crippen molar-refractivity contribution in [3.05, 3.63) is 0 Å². The number of rotatable bonds is 3. The molecule has 2 unspecified atom stereocenters. The predicted octanol–water partition coefficient (Wildman–Crippen LogP) is -0.682. The first-order chi connectivity index (χ1) is 7.04. The van der Waals surface area contributed by atoms with Crippen LogP contribution in [0.3, 0.4) is 0 Å². The molecule has 1 fully saturated rings. The maximum absolute atomic E-state index is 11.6. The van der Waals surface area contributed by atoms with Gasteiger partial charge in [0.05, 0.1) is 6.54 Å². The lowest BCUT2D eigenvalue weighted by Crippen LogP contribution is -2.53. The van der Waals surface area contributed by atoms with E-state index in [0.717, 1.165) is 0 Å². The van der Waals surface area contributed by atoms with Crippen LogP contribution in [-0.4, -0.2) is 42.4 Å². The molecular weight excluding hydrogens is 194 g/mol. The molecule has 0 aromatic carbocycles. The van der Waals surface area contributed by atoms with Gasteiger partial charge < -0.3 is 16.0 Å². The fraction of sp³-hybridized carbons (Fsp3) is 0.800. The highest BCUT2D eigenvalue weighted by molar-refractivity contribution is 5.85. The van der Waals surface area contributed by atoms with Crippen LogP contribution in [0, 0.1) is 5.92 Å². The third kappa shape index (κ3) is 3.20. The van der Waals surface area contributed by atoms with Crippen molar-refractivity contribution in [3.63, 3.8) is 0 Å². The maximum atomic E-state index is 11.6. The van der Waals surface area contributed by atoms with Gasteiger partial charge >= 0.3 is 0 Å². The molecule has 1 heterocycles. The highest BCUT2D eigenvalue weighted by atomic mass is 16.2. The zero-order valence-corrected chi connectivity index (χ0v) is 9.32. The van der Waals surface area contributed by atoms with Crippen LogP contribution in [0.2, 0.25) is 0 Å². The summed E-state index contributed by atoms with van der Waals surface area (Å²) in [4.78, 5) is 24.4. The monoisotopic (exact) mass is 213 g/mol. The minimum absolute atomic E-state index is 0.0165. The Bertz CT molecular complexity index is 255. The van der Waals surface area contributed by atoms with Crippen LogP contribution in [-0.2, 0) is 9.59 Å². The van der Waals surface area contributed by atoms with Crippen molar-refractivity contribution in [3.8, 4) is 0 Å². The van der Waals surface area contributed by atoms with Crippen LogP contribution < -0.4 is 11.1 Å². The number of nitrogens with zero attached hydrogens (tertiary/aromatic N) is 1. The Morgan fingerprint density at radius 1 is 1.67 bits per heavy atom. The van der Waals surface area contributed by atoms with Gasteiger partial charge in [0, 0.05) is 25.6 Å². The summed E-state index contributed by atoms with van der Waals surface area (Å²) in [6, 6.07) is -0.0165. The number of carbonyl (C=O) groups excluding carboxylic acids is 2. The molecule has 5 nitrogen and oxygen atoms in total. The van der Waals surface area contributed by atoms with Crippen molar-refractivity contribution in [2.75, 3.05) is 19.6 Å². The molecule has 15 heavy (non-hydrogen) atoms. The summed E-state index contributed by atoms with van der Waals surface area (Å²) in [5.74, 6) is 0.117. The Balaban J connectivity index is 2.48. The number of hydrogen-bond donors (Lipinski definition) is 2. The Hall–Kier alpha value is -1.10. The van der Waals surface area contributed by atoms with E-state index in [9.17, 15) is 9.59 Å². The van der Waals surface area contributed by atoms with Crippen molar-refractivity contribution in [1.29, 1.82) is 0 Å². The second-order valence-corrected chi connectivity index (χ2v) is 4.07. The molecule has 0 saturated carbocycles. The van der Waals surface area contributed by atoms with E-state index in [4.69, 9.17) is 5.73 Å². The van der Waals surface area contributed by atoms with Gasteiger partial charge in [0.25, 0.3) is 0 Å². The Morgan fingerprint density at radius 3 is 2.93 bits per heavy atom. The maximum Gasteiger partial charge on any atom is 0.239 e. The number of nitrogens with two attached hydrogens (primary N) is 1. The fourth-order valence-electron chi connectivity index (χ4n) is 1.67. The summed E-state index contributed by atoms with van der Waals surface area (Å²) in [5, 5.41) is 2.67. The first-order valence-electron chi connectivity index (χ1n) is 5.34. The van der Waals surface area contributed by atoms with Gasteiger partial charge in [0.15, 0.2) is 0 Å². The van der Waals surface area contributed by atoms with E-state index < -0.39 is 0 Å². The van der Waals surface area contributed by atoms with E-state index in [1.807, 2.05) is 13.8 Å². The smallest absolute Gasteiger partial charge is 0.239 e. The third-order valence-corrected chi connectivity index (χ3v) is 2.72. The SMILES string of the molecule is CCNC(=O)CN1CC(N)C(C)CC1=O. The van der Waals surface area contributed by atoms with Crippen LogP contribution in [0.1, 0.15) is 20.3 Å². The fourth-order valence-corrected chi connectivity index (χ4v) is 1.67. The van der Waals surface area contributed by atoms with Crippen molar-refractivity contribution >= 4 is 11.8 Å². The zero-order valence-electron chi connectivity index (χ0n) is 9.32. The molecule has 1 saturated heterocycles. The predicted molar refractivity (Wildman–Crippen MR) is 57.0 cm³/mol. The molecule has 1 rings (SSSR count). The van der Waals surface area contributed by atoms with Crippen LogP contribution in [0.25, 0.3) is 0 Å². The lowest BCUT2D eigenvalue weighted by Gasteiger charge is -2.34. The first kappa shape index (κ1) is 12.0. The average molecular weight is 213 g/mol. The Kier molecular flexibility index (Phi) is 4.08. The minimum Gasteiger partial charge on any atom is -0.355 e. The normalized spacial score (nSPS) is 26.6. The molecule has 0 spiro atoms. The number of amides is 2.